The Labute approximate surface area is 215 Å². The molecule has 1 amide bonds. The number of fused-ring (bicyclic) bond motifs is 1. The van der Waals surface area contributed by atoms with E-state index in [0.717, 1.165) is 28.4 Å². The highest BCUT2D eigenvalue weighted by Crippen LogP contribution is 2.34. The number of hydrogen-bond donors (Lipinski definition) is 1. The van der Waals surface area contributed by atoms with Crippen molar-refractivity contribution in [1.29, 1.82) is 0 Å². The standard InChI is InChI=1S/C24H20ClF3N4O4S/c1-31(2)23(33)18-13-32(37(34,35)16-6-4-5-14(11-16)24(26,27)28)20-12-15(7-8-17(18)20)29-19-9-10-21(36-3)30-22(19)25/h4-13,29H,1-3H3. The summed E-state index contributed by atoms with van der Waals surface area (Å²) in [5, 5.41) is 3.41. The van der Waals surface area contributed by atoms with Gasteiger partial charge in [-0.3, -0.25) is 4.79 Å². The van der Waals surface area contributed by atoms with Crippen molar-refractivity contribution in [3.8, 4) is 5.88 Å². The smallest absolute Gasteiger partial charge is 0.416 e. The van der Waals surface area contributed by atoms with E-state index in [4.69, 9.17) is 16.3 Å². The fraction of sp³-hybridized carbons (Fsp3) is 0.167. The van der Waals surface area contributed by atoms with E-state index in [9.17, 15) is 26.4 Å². The molecule has 4 aromatic rings. The first-order valence-corrected chi connectivity index (χ1v) is 12.4. The van der Waals surface area contributed by atoms with E-state index in [1.54, 1.807) is 18.2 Å². The molecule has 0 saturated carbocycles. The van der Waals surface area contributed by atoms with Crippen molar-refractivity contribution in [1.82, 2.24) is 13.9 Å². The van der Waals surface area contributed by atoms with Gasteiger partial charge >= 0.3 is 6.18 Å². The predicted molar refractivity (Wildman–Crippen MR) is 133 cm³/mol. The van der Waals surface area contributed by atoms with Gasteiger partial charge in [-0.1, -0.05) is 17.7 Å². The molecule has 37 heavy (non-hydrogen) atoms. The lowest BCUT2D eigenvalue weighted by atomic mass is 10.1. The molecule has 194 valence electrons. The van der Waals surface area contributed by atoms with Crippen molar-refractivity contribution >= 4 is 49.8 Å². The number of nitrogens with zero attached hydrogens (tertiary/aromatic N) is 3. The molecule has 1 N–H and O–H groups in total. The Morgan fingerprint density at radius 3 is 2.46 bits per heavy atom. The van der Waals surface area contributed by atoms with Gasteiger partial charge in [-0.25, -0.2) is 12.4 Å². The number of alkyl halides is 3. The molecule has 8 nitrogen and oxygen atoms in total. The van der Waals surface area contributed by atoms with E-state index in [1.165, 1.54) is 38.2 Å². The van der Waals surface area contributed by atoms with Crippen LogP contribution in [0.15, 0.2) is 65.7 Å². The number of anilines is 2. The molecule has 2 heterocycles. The Morgan fingerprint density at radius 2 is 1.84 bits per heavy atom. The maximum absolute atomic E-state index is 13.5. The van der Waals surface area contributed by atoms with Crippen molar-refractivity contribution in [2.75, 3.05) is 26.5 Å². The minimum atomic E-state index is -4.74. The first-order chi connectivity index (χ1) is 17.3. The van der Waals surface area contributed by atoms with Crippen LogP contribution in [0.1, 0.15) is 15.9 Å². The summed E-state index contributed by atoms with van der Waals surface area (Å²) in [5.41, 5.74) is -0.191. The van der Waals surface area contributed by atoms with Crippen LogP contribution in [0.4, 0.5) is 24.5 Å². The molecule has 0 unspecified atom stereocenters. The zero-order chi connectivity index (χ0) is 27.1. The fourth-order valence-corrected chi connectivity index (χ4v) is 5.21. The van der Waals surface area contributed by atoms with Crippen LogP contribution >= 0.6 is 11.6 Å². The van der Waals surface area contributed by atoms with Gasteiger partial charge < -0.3 is 15.0 Å². The number of benzene rings is 2. The lowest BCUT2D eigenvalue weighted by molar-refractivity contribution is -0.137. The molecular weight excluding hydrogens is 533 g/mol. The van der Waals surface area contributed by atoms with E-state index in [1.807, 2.05) is 0 Å². The van der Waals surface area contributed by atoms with Crippen molar-refractivity contribution in [2.24, 2.45) is 0 Å². The van der Waals surface area contributed by atoms with Crippen molar-refractivity contribution in [3.05, 3.63) is 77.1 Å². The number of halogens is 4. The molecule has 0 aliphatic rings. The molecule has 0 atom stereocenters. The minimum absolute atomic E-state index is 0.0613. The van der Waals surface area contributed by atoms with Crippen LogP contribution in [0, 0.1) is 0 Å². The van der Waals surface area contributed by atoms with Gasteiger partial charge in [0.15, 0.2) is 5.15 Å². The van der Waals surface area contributed by atoms with Gasteiger partial charge in [0.05, 0.1) is 34.3 Å². The highest BCUT2D eigenvalue weighted by Gasteiger charge is 2.32. The van der Waals surface area contributed by atoms with E-state index in [2.05, 4.69) is 10.3 Å². The van der Waals surface area contributed by atoms with Crippen LogP contribution in [0.5, 0.6) is 5.88 Å². The van der Waals surface area contributed by atoms with Gasteiger partial charge in [-0.05, 0) is 42.5 Å². The topological polar surface area (TPSA) is 93.5 Å². The number of carbonyl (C=O) groups excluding carboxylic acids is 1. The Kier molecular flexibility index (Phi) is 6.82. The zero-order valence-electron chi connectivity index (χ0n) is 19.7. The highest BCUT2D eigenvalue weighted by atomic mass is 35.5. The number of aromatic nitrogens is 2. The van der Waals surface area contributed by atoms with E-state index in [-0.39, 0.29) is 16.2 Å². The molecular formula is C24H20ClF3N4O4S. The molecule has 0 fully saturated rings. The number of hydrogen-bond acceptors (Lipinski definition) is 6. The fourth-order valence-electron chi connectivity index (χ4n) is 3.61. The monoisotopic (exact) mass is 552 g/mol. The molecule has 2 aromatic carbocycles. The van der Waals surface area contributed by atoms with Gasteiger partial charge in [-0.15, -0.1) is 0 Å². The largest absolute Gasteiger partial charge is 0.481 e. The molecule has 13 heteroatoms. The second-order valence-electron chi connectivity index (χ2n) is 8.12. The highest BCUT2D eigenvalue weighted by molar-refractivity contribution is 7.90. The number of pyridine rings is 1. The second kappa shape index (κ2) is 9.60. The summed E-state index contributed by atoms with van der Waals surface area (Å²) in [6.45, 7) is 0. The molecule has 0 saturated heterocycles. The van der Waals surface area contributed by atoms with Crippen LogP contribution in [0.2, 0.25) is 5.15 Å². The number of nitrogens with one attached hydrogen (secondary N) is 1. The summed E-state index contributed by atoms with van der Waals surface area (Å²) in [7, 11) is -0.0917. The van der Waals surface area contributed by atoms with Crippen LogP contribution in [0.3, 0.4) is 0 Å². The summed E-state index contributed by atoms with van der Waals surface area (Å²) in [4.78, 5) is 17.6. The van der Waals surface area contributed by atoms with E-state index >= 15 is 0 Å². The lowest BCUT2D eigenvalue weighted by Gasteiger charge is -2.12. The van der Waals surface area contributed by atoms with Crippen molar-refractivity contribution in [3.63, 3.8) is 0 Å². The van der Waals surface area contributed by atoms with E-state index < -0.39 is 32.6 Å². The number of amides is 1. The molecule has 0 aliphatic carbocycles. The summed E-state index contributed by atoms with van der Waals surface area (Å²) in [6, 6.07) is 11.2. The van der Waals surface area contributed by atoms with Gasteiger partial charge in [0.25, 0.3) is 15.9 Å². The average molecular weight is 553 g/mol. The van der Waals surface area contributed by atoms with Gasteiger partial charge in [0.1, 0.15) is 0 Å². The zero-order valence-corrected chi connectivity index (χ0v) is 21.2. The molecule has 4 rings (SSSR count). The predicted octanol–water partition coefficient (Wildman–Crippen LogP) is 5.40. The SMILES string of the molecule is COc1ccc(Nc2ccc3c(C(=O)N(C)C)cn(S(=O)(=O)c4cccc(C(F)(F)F)c4)c3c2)c(Cl)n1. The number of methoxy groups -OCH3 is 1. The first kappa shape index (κ1) is 26.3. The second-order valence-corrected chi connectivity index (χ2v) is 10.3. The maximum Gasteiger partial charge on any atom is 0.416 e. The Morgan fingerprint density at radius 1 is 1.11 bits per heavy atom. The number of carbonyl (C=O) groups is 1. The first-order valence-electron chi connectivity index (χ1n) is 10.6. The maximum atomic E-state index is 13.5. The molecule has 2 aromatic heterocycles. The Hall–Kier alpha value is -3.77. The number of ether oxygens (including phenoxy) is 1. The van der Waals surface area contributed by atoms with Crippen LogP contribution < -0.4 is 10.1 Å². The summed E-state index contributed by atoms with van der Waals surface area (Å²) >= 11 is 6.20. The van der Waals surface area contributed by atoms with Gasteiger partial charge in [0, 0.05) is 37.4 Å². The van der Waals surface area contributed by atoms with Gasteiger partial charge in [0.2, 0.25) is 5.88 Å². The third-order valence-corrected chi connectivity index (χ3v) is 7.40. The average Bonchev–Trinajstić information content (AvgIpc) is 3.24. The van der Waals surface area contributed by atoms with Crippen molar-refractivity contribution < 1.29 is 31.1 Å². The summed E-state index contributed by atoms with van der Waals surface area (Å²) < 4.78 is 72.7. The molecule has 0 spiro atoms. The minimum Gasteiger partial charge on any atom is -0.481 e. The normalized spacial score (nSPS) is 12.0. The van der Waals surface area contributed by atoms with Crippen LogP contribution in [0.25, 0.3) is 10.9 Å². The Balaban J connectivity index is 1.89. The third kappa shape index (κ3) is 5.07. The molecule has 0 aliphatic heterocycles. The van der Waals surface area contributed by atoms with Gasteiger partial charge in [-0.2, -0.15) is 18.2 Å². The summed E-state index contributed by atoms with van der Waals surface area (Å²) in [5.74, 6) is -0.190. The summed E-state index contributed by atoms with van der Waals surface area (Å²) in [6.07, 6.45) is -3.63. The Bertz CT molecular complexity index is 1620. The third-order valence-electron chi connectivity index (χ3n) is 5.44. The molecule has 0 radical (unpaired) electrons. The quantitative estimate of drug-likeness (QED) is 0.322. The molecule has 0 bridgehead atoms. The van der Waals surface area contributed by atoms with Crippen LogP contribution in [-0.4, -0.2) is 49.4 Å². The lowest BCUT2D eigenvalue weighted by Crippen LogP contribution is -2.21. The van der Waals surface area contributed by atoms with Crippen molar-refractivity contribution in [2.45, 2.75) is 11.1 Å². The van der Waals surface area contributed by atoms with E-state index in [0.29, 0.717) is 28.7 Å². The number of rotatable bonds is 6. The van der Waals surface area contributed by atoms with Crippen LogP contribution in [-0.2, 0) is 16.2 Å².